The van der Waals surface area contributed by atoms with Crippen LogP contribution in [0.2, 0.25) is 0 Å². The summed E-state index contributed by atoms with van der Waals surface area (Å²) in [6.07, 6.45) is 10.2. The molecule has 206 valence electrons. The number of nitrogens with zero attached hydrogens (tertiary/aromatic N) is 6. The molecular weight excluding hydrogens is 565 g/mol. The summed E-state index contributed by atoms with van der Waals surface area (Å²) in [6.45, 7) is 0. The largest absolute Gasteiger partial charge is 0.481 e. The Bertz CT molecular complexity index is 1690. The molecule has 0 unspecified atom stereocenters. The van der Waals surface area contributed by atoms with E-state index in [1.165, 1.54) is 35.5 Å². The molecule has 7 rings (SSSR count). The maximum atomic E-state index is 9.30. The van der Waals surface area contributed by atoms with Crippen molar-refractivity contribution in [2.45, 2.75) is 75.4 Å². The molecule has 10 heteroatoms. The highest BCUT2D eigenvalue weighted by molar-refractivity contribution is 7.20. The van der Waals surface area contributed by atoms with Gasteiger partial charge in [-0.25, -0.2) is 9.98 Å². The van der Waals surface area contributed by atoms with E-state index in [0.29, 0.717) is 10.0 Å². The van der Waals surface area contributed by atoms with E-state index in [4.69, 9.17) is 9.47 Å². The average Bonchev–Trinajstić information content (AvgIpc) is 3.62. The van der Waals surface area contributed by atoms with Crippen LogP contribution in [0.15, 0.2) is 34.3 Å². The van der Waals surface area contributed by atoms with Crippen LogP contribution in [-0.4, -0.2) is 11.4 Å². The molecule has 2 spiro atoms. The van der Waals surface area contributed by atoms with Gasteiger partial charge in [0.2, 0.25) is 11.4 Å². The van der Waals surface area contributed by atoms with Crippen LogP contribution in [0.4, 0.5) is 10.0 Å². The minimum absolute atomic E-state index is 0.180. The Morgan fingerprint density at radius 3 is 1.33 bits per heavy atom. The first-order valence-electron chi connectivity index (χ1n) is 14.1. The highest BCUT2D eigenvalue weighted by Gasteiger charge is 2.48. The summed E-state index contributed by atoms with van der Waals surface area (Å²) in [5.74, 6) is 1.51. The number of hydrogen-bond acceptors (Lipinski definition) is 10. The number of nitriles is 4. The van der Waals surface area contributed by atoms with Gasteiger partial charge in [0, 0.05) is 34.4 Å². The lowest BCUT2D eigenvalue weighted by Gasteiger charge is -2.45. The van der Waals surface area contributed by atoms with E-state index in [0.717, 1.165) is 94.9 Å². The van der Waals surface area contributed by atoms with Crippen LogP contribution in [0.1, 0.15) is 75.3 Å². The first-order chi connectivity index (χ1) is 20.5. The Balaban J connectivity index is 1.47. The normalized spacial score (nSPS) is 18.2. The lowest BCUT2D eigenvalue weighted by Crippen LogP contribution is -2.40. The predicted octanol–water partition coefficient (Wildman–Crippen LogP) is 8.49. The van der Waals surface area contributed by atoms with Crippen LogP contribution in [0.5, 0.6) is 11.5 Å². The fourth-order valence-corrected chi connectivity index (χ4v) is 8.96. The molecule has 2 fully saturated rings. The zero-order valence-electron chi connectivity index (χ0n) is 22.7. The van der Waals surface area contributed by atoms with Crippen LogP contribution in [0, 0.1) is 45.3 Å². The topological polar surface area (TPSA) is 138 Å². The molecule has 0 bridgehead atoms. The van der Waals surface area contributed by atoms with Crippen LogP contribution in [-0.2, 0) is 11.2 Å². The number of hydrogen-bond donors (Lipinski definition) is 0. The molecule has 42 heavy (non-hydrogen) atoms. The minimum Gasteiger partial charge on any atom is -0.481 e. The van der Waals surface area contributed by atoms with Gasteiger partial charge in [0.15, 0.2) is 0 Å². The molecule has 3 aromatic rings. The Labute approximate surface area is 251 Å². The smallest absolute Gasteiger partial charge is 0.219 e. The third-order valence-corrected chi connectivity index (χ3v) is 10.9. The summed E-state index contributed by atoms with van der Waals surface area (Å²) in [4.78, 5) is 10.5. The number of benzene rings is 1. The van der Waals surface area contributed by atoms with Gasteiger partial charge in [-0.1, -0.05) is 12.8 Å². The summed E-state index contributed by atoms with van der Waals surface area (Å²) >= 11 is 2.88. The second kappa shape index (κ2) is 10.1. The van der Waals surface area contributed by atoms with Gasteiger partial charge in [0.25, 0.3) is 0 Å². The molecule has 0 radical (unpaired) electrons. The van der Waals surface area contributed by atoms with Gasteiger partial charge in [-0.2, -0.15) is 21.0 Å². The molecule has 2 saturated carbocycles. The monoisotopic (exact) mass is 588 g/mol. The number of aliphatic imine (C=N–C) groups is 2. The Morgan fingerprint density at radius 2 is 0.976 bits per heavy atom. The van der Waals surface area contributed by atoms with Gasteiger partial charge < -0.3 is 9.47 Å². The molecule has 2 aromatic heterocycles. The molecule has 4 heterocycles. The van der Waals surface area contributed by atoms with Crippen molar-refractivity contribution in [3.63, 3.8) is 0 Å². The molecule has 8 nitrogen and oxygen atoms in total. The fourth-order valence-electron chi connectivity index (χ4n) is 6.98. The van der Waals surface area contributed by atoms with Crippen LogP contribution >= 0.6 is 22.7 Å². The molecule has 1 aromatic carbocycles. The quantitative estimate of drug-likeness (QED) is 0.275. The maximum absolute atomic E-state index is 9.30. The SMILES string of the molecule is N#CC(C#N)=Nc1cc2c(s1)-c1cc3c(cc1C1(CCCCC1)O2)-c1sc(N=C(C#N)C#N)cc1OC31CCCCC1. The van der Waals surface area contributed by atoms with Gasteiger partial charge >= 0.3 is 0 Å². The lowest BCUT2D eigenvalue weighted by atomic mass is 9.71. The van der Waals surface area contributed by atoms with Crippen molar-refractivity contribution in [3.8, 4) is 56.7 Å². The van der Waals surface area contributed by atoms with E-state index in [9.17, 15) is 21.0 Å². The molecule has 0 atom stereocenters. The van der Waals surface area contributed by atoms with Gasteiger partial charge in [-0.05, 0) is 63.5 Å². The van der Waals surface area contributed by atoms with Crippen LogP contribution in [0.3, 0.4) is 0 Å². The molecular formula is C32H24N6O2S2. The predicted molar refractivity (Wildman–Crippen MR) is 160 cm³/mol. The maximum Gasteiger partial charge on any atom is 0.219 e. The molecule has 0 N–H and O–H groups in total. The van der Waals surface area contributed by atoms with E-state index < -0.39 is 11.2 Å². The highest BCUT2D eigenvalue weighted by atomic mass is 32.1. The summed E-state index contributed by atoms with van der Waals surface area (Å²) in [5, 5.41) is 38.3. The number of rotatable bonds is 2. The Morgan fingerprint density at radius 1 is 0.595 bits per heavy atom. The van der Waals surface area contributed by atoms with Crippen LogP contribution in [0.25, 0.3) is 20.9 Å². The Kier molecular flexibility index (Phi) is 6.36. The minimum atomic E-state index is -0.476. The molecule has 2 aliphatic heterocycles. The Hall–Kier alpha value is -4.48. The second-order valence-corrected chi connectivity index (χ2v) is 13.2. The van der Waals surface area contributed by atoms with Crippen molar-refractivity contribution in [3.05, 3.63) is 35.4 Å². The first-order valence-corrected chi connectivity index (χ1v) is 15.8. The highest BCUT2D eigenvalue weighted by Crippen LogP contribution is 2.61. The number of ether oxygens (including phenoxy) is 2. The first kappa shape index (κ1) is 26.4. The lowest BCUT2D eigenvalue weighted by molar-refractivity contribution is 0.0206. The van der Waals surface area contributed by atoms with Crippen molar-refractivity contribution in [2.24, 2.45) is 9.98 Å². The zero-order chi connectivity index (χ0) is 28.9. The van der Waals surface area contributed by atoms with Crippen LogP contribution < -0.4 is 9.47 Å². The fraction of sp³-hybridized carbons (Fsp3) is 0.375. The van der Waals surface area contributed by atoms with E-state index in [1.54, 1.807) is 0 Å². The summed E-state index contributed by atoms with van der Waals surface area (Å²) < 4.78 is 13.7. The average molecular weight is 589 g/mol. The van der Waals surface area contributed by atoms with E-state index >= 15 is 0 Å². The number of fused-ring (bicyclic) bond motifs is 8. The van der Waals surface area contributed by atoms with E-state index in [1.807, 2.05) is 36.4 Å². The molecule has 0 saturated heterocycles. The third-order valence-electron chi connectivity index (χ3n) is 8.80. The third kappa shape index (κ3) is 4.11. The molecule has 2 aliphatic carbocycles. The van der Waals surface area contributed by atoms with Crippen molar-refractivity contribution in [1.29, 1.82) is 21.0 Å². The zero-order valence-corrected chi connectivity index (χ0v) is 24.3. The number of thiophene rings is 2. The summed E-state index contributed by atoms with van der Waals surface area (Å²) in [5.41, 5.74) is 3.22. The molecule has 0 amide bonds. The van der Waals surface area contributed by atoms with E-state index in [-0.39, 0.29) is 11.4 Å². The second-order valence-electron chi connectivity index (χ2n) is 11.2. The summed E-state index contributed by atoms with van der Waals surface area (Å²) in [7, 11) is 0. The van der Waals surface area contributed by atoms with Crippen molar-refractivity contribution < 1.29 is 9.47 Å². The van der Waals surface area contributed by atoms with E-state index in [2.05, 4.69) is 22.1 Å². The summed E-state index contributed by atoms with van der Waals surface area (Å²) in [6, 6.07) is 15.8. The van der Waals surface area contributed by atoms with Gasteiger partial charge in [0.05, 0.1) is 9.75 Å². The molecule has 4 aliphatic rings. The standard InChI is InChI=1S/C32H24N6O2S2/c33-15-19(16-34)37-27-13-25-29(41-27)21-12-24-22(11-23(21)31(39-25)7-3-1-4-8-31)30-26(40-32(24)9-5-2-6-10-32)14-28(42-30)38-20(17-35)18-36/h11-14H,1-10H2. The van der Waals surface area contributed by atoms with Crippen molar-refractivity contribution in [2.75, 3.05) is 0 Å². The van der Waals surface area contributed by atoms with Gasteiger partial charge in [-0.15, -0.1) is 22.7 Å². The van der Waals surface area contributed by atoms with Gasteiger partial charge in [0.1, 0.15) is 57.0 Å². The van der Waals surface area contributed by atoms with Crippen molar-refractivity contribution in [1.82, 2.24) is 0 Å². The van der Waals surface area contributed by atoms with Crippen molar-refractivity contribution >= 4 is 44.1 Å². The van der Waals surface area contributed by atoms with Gasteiger partial charge in [-0.3, -0.25) is 0 Å².